The number of aryl methyl sites for hydroxylation is 1. The van der Waals surface area contributed by atoms with Gasteiger partial charge >= 0.3 is 0 Å². The summed E-state index contributed by atoms with van der Waals surface area (Å²) in [7, 11) is 0. The Kier molecular flexibility index (Phi) is 8.28. The first kappa shape index (κ1) is 20.0. The van der Waals surface area contributed by atoms with Gasteiger partial charge in [0.25, 0.3) is 0 Å². The Bertz CT molecular complexity index is 641. The maximum atomic E-state index is 13.3. The Morgan fingerprint density at radius 1 is 0.963 bits per heavy atom. The van der Waals surface area contributed by atoms with Crippen molar-refractivity contribution in [2.45, 2.75) is 31.8 Å². The van der Waals surface area contributed by atoms with Gasteiger partial charge in [0, 0.05) is 26.2 Å². The van der Waals surface area contributed by atoms with Gasteiger partial charge in [0.2, 0.25) is 0 Å². The van der Waals surface area contributed by atoms with Crippen molar-refractivity contribution in [3.63, 3.8) is 0 Å². The van der Waals surface area contributed by atoms with Gasteiger partial charge in [-0.05, 0) is 48.9 Å². The molecule has 1 aliphatic rings. The highest BCUT2D eigenvalue weighted by molar-refractivity contribution is 5.19. The third-order valence-corrected chi connectivity index (χ3v) is 5.06. The van der Waals surface area contributed by atoms with Crippen LogP contribution >= 0.6 is 0 Å². The second-order valence-corrected chi connectivity index (χ2v) is 7.10. The summed E-state index contributed by atoms with van der Waals surface area (Å²) in [5.74, 6) is -0.200. The Labute approximate surface area is 162 Å². The van der Waals surface area contributed by atoms with Gasteiger partial charge in [0.15, 0.2) is 0 Å². The van der Waals surface area contributed by atoms with Crippen LogP contribution in [0.25, 0.3) is 0 Å². The molecule has 146 valence electrons. The largest absolute Gasteiger partial charge is 0.379 e. The molecule has 0 N–H and O–H groups in total. The minimum absolute atomic E-state index is 0.0269. The molecule has 0 radical (unpaired) electrons. The van der Waals surface area contributed by atoms with E-state index in [0.717, 1.165) is 70.7 Å². The van der Waals surface area contributed by atoms with E-state index in [1.807, 2.05) is 18.2 Å². The number of morpholine rings is 1. The molecular formula is C23H30FNO2. The lowest BCUT2D eigenvalue weighted by molar-refractivity contribution is 0.0176. The fraction of sp³-hybridized carbons (Fsp3) is 0.478. The van der Waals surface area contributed by atoms with E-state index in [4.69, 9.17) is 9.47 Å². The molecule has 0 aromatic heterocycles. The summed E-state index contributed by atoms with van der Waals surface area (Å²) < 4.78 is 24.9. The van der Waals surface area contributed by atoms with Crippen molar-refractivity contribution in [1.82, 2.24) is 4.90 Å². The normalized spacial score (nSPS) is 16.3. The van der Waals surface area contributed by atoms with Crippen LogP contribution in [0.4, 0.5) is 4.39 Å². The van der Waals surface area contributed by atoms with Crippen LogP contribution in [0.3, 0.4) is 0 Å². The van der Waals surface area contributed by atoms with E-state index in [1.54, 1.807) is 0 Å². The molecule has 0 spiro atoms. The van der Waals surface area contributed by atoms with Gasteiger partial charge in [0.1, 0.15) is 5.82 Å². The van der Waals surface area contributed by atoms with Crippen molar-refractivity contribution in [2.24, 2.45) is 0 Å². The molecule has 0 amide bonds. The van der Waals surface area contributed by atoms with E-state index in [1.165, 1.54) is 17.7 Å². The van der Waals surface area contributed by atoms with E-state index in [2.05, 4.69) is 29.2 Å². The van der Waals surface area contributed by atoms with Crippen molar-refractivity contribution in [2.75, 3.05) is 39.5 Å². The SMILES string of the molecule is Fc1ccc(C(CCCc2ccccc2)OCCCN2CCOCC2)cc1. The number of hydrogen-bond donors (Lipinski definition) is 0. The molecule has 0 bridgehead atoms. The summed E-state index contributed by atoms with van der Waals surface area (Å²) in [5, 5.41) is 0. The summed E-state index contributed by atoms with van der Waals surface area (Å²) in [4.78, 5) is 2.43. The van der Waals surface area contributed by atoms with Crippen LogP contribution in [-0.2, 0) is 15.9 Å². The van der Waals surface area contributed by atoms with Gasteiger partial charge < -0.3 is 9.47 Å². The van der Waals surface area contributed by atoms with Crippen LogP contribution in [-0.4, -0.2) is 44.4 Å². The molecular weight excluding hydrogens is 341 g/mol. The summed E-state index contributed by atoms with van der Waals surface area (Å²) in [6, 6.07) is 17.3. The highest BCUT2D eigenvalue weighted by Crippen LogP contribution is 2.24. The molecule has 1 heterocycles. The first-order chi connectivity index (χ1) is 13.3. The zero-order chi connectivity index (χ0) is 18.7. The highest BCUT2D eigenvalue weighted by atomic mass is 19.1. The predicted octanol–water partition coefficient (Wildman–Crippen LogP) is 4.63. The second kappa shape index (κ2) is 11.2. The van der Waals surface area contributed by atoms with Crippen molar-refractivity contribution in [3.8, 4) is 0 Å². The smallest absolute Gasteiger partial charge is 0.123 e. The summed E-state index contributed by atoms with van der Waals surface area (Å²) in [6.45, 7) is 5.46. The van der Waals surface area contributed by atoms with E-state index >= 15 is 0 Å². The molecule has 27 heavy (non-hydrogen) atoms. The summed E-state index contributed by atoms with van der Waals surface area (Å²) in [5.41, 5.74) is 2.42. The third kappa shape index (κ3) is 7.06. The molecule has 2 aromatic rings. The molecule has 1 unspecified atom stereocenters. The maximum Gasteiger partial charge on any atom is 0.123 e. The molecule has 1 fully saturated rings. The number of ether oxygens (including phenoxy) is 2. The number of halogens is 1. The number of benzene rings is 2. The maximum absolute atomic E-state index is 13.3. The molecule has 0 saturated carbocycles. The number of hydrogen-bond acceptors (Lipinski definition) is 3. The molecule has 1 atom stereocenters. The van der Waals surface area contributed by atoms with Crippen molar-refractivity contribution in [3.05, 3.63) is 71.5 Å². The minimum atomic E-state index is -0.200. The zero-order valence-corrected chi connectivity index (χ0v) is 16.0. The third-order valence-electron chi connectivity index (χ3n) is 5.06. The van der Waals surface area contributed by atoms with Crippen LogP contribution in [0.5, 0.6) is 0 Å². The lowest BCUT2D eigenvalue weighted by Gasteiger charge is -2.27. The molecule has 4 heteroatoms. The van der Waals surface area contributed by atoms with Crippen LogP contribution in [0.1, 0.15) is 36.5 Å². The van der Waals surface area contributed by atoms with Gasteiger partial charge in [-0.25, -0.2) is 4.39 Å². The highest BCUT2D eigenvalue weighted by Gasteiger charge is 2.14. The fourth-order valence-corrected chi connectivity index (χ4v) is 3.50. The van der Waals surface area contributed by atoms with Gasteiger partial charge in [-0.1, -0.05) is 42.5 Å². The monoisotopic (exact) mass is 371 g/mol. The van der Waals surface area contributed by atoms with Crippen molar-refractivity contribution in [1.29, 1.82) is 0 Å². The Hall–Kier alpha value is -1.75. The molecule has 1 aliphatic heterocycles. The first-order valence-electron chi connectivity index (χ1n) is 10.0. The lowest BCUT2D eigenvalue weighted by atomic mass is 10.0. The van der Waals surface area contributed by atoms with Crippen LogP contribution < -0.4 is 0 Å². The summed E-state index contributed by atoms with van der Waals surface area (Å²) in [6.07, 6.45) is 4.07. The number of nitrogens with zero attached hydrogens (tertiary/aromatic N) is 1. The molecule has 1 saturated heterocycles. The molecule has 2 aromatic carbocycles. The van der Waals surface area contributed by atoms with E-state index < -0.39 is 0 Å². The van der Waals surface area contributed by atoms with E-state index in [0.29, 0.717) is 0 Å². The van der Waals surface area contributed by atoms with E-state index in [9.17, 15) is 4.39 Å². The van der Waals surface area contributed by atoms with Crippen LogP contribution in [0, 0.1) is 5.82 Å². The van der Waals surface area contributed by atoms with Gasteiger partial charge in [-0.2, -0.15) is 0 Å². The minimum Gasteiger partial charge on any atom is -0.379 e. The summed E-state index contributed by atoms with van der Waals surface area (Å²) >= 11 is 0. The molecule has 3 rings (SSSR count). The average molecular weight is 371 g/mol. The topological polar surface area (TPSA) is 21.7 Å². The predicted molar refractivity (Wildman–Crippen MR) is 106 cm³/mol. The number of rotatable bonds is 10. The Morgan fingerprint density at radius 3 is 2.44 bits per heavy atom. The van der Waals surface area contributed by atoms with Gasteiger partial charge in [-0.3, -0.25) is 4.90 Å². The van der Waals surface area contributed by atoms with Crippen LogP contribution in [0.15, 0.2) is 54.6 Å². The quantitative estimate of drug-likeness (QED) is 0.569. The standard InChI is InChI=1S/C23H30FNO2/c24-22-12-10-21(11-13-22)23(9-4-8-20-6-2-1-3-7-20)27-17-5-14-25-15-18-26-19-16-25/h1-3,6-7,10-13,23H,4-5,8-9,14-19H2. The lowest BCUT2D eigenvalue weighted by Crippen LogP contribution is -2.37. The van der Waals surface area contributed by atoms with Crippen LogP contribution in [0.2, 0.25) is 0 Å². The van der Waals surface area contributed by atoms with Gasteiger partial charge in [0.05, 0.1) is 19.3 Å². The Morgan fingerprint density at radius 2 is 1.70 bits per heavy atom. The fourth-order valence-electron chi connectivity index (χ4n) is 3.50. The zero-order valence-electron chi connectivity index (χ0n) is 16.0. The van der Waals surface area contributed by atoms with Crippen molar-refractivity contribution < 1.29 is 13.9 Å². The average Bonchev–Trinajstić information content (AvgIpc) is 2.72. The Balaban J connectivity index is 1.47. The van der Waals surface area contributed by atoms with Crippen molar-refractivity contribution >= 4 is 0 Å². The van der Waals surface area contributed by atoms with E-state index in [-0.39, 0.29) is 11.9 Å². The van der Waals surface area contributed by atoms with Gasteiger partial charge in [-0.15, -0.1) is 0 Å². The molecule has 0 aliphatic carbocycles. The molecule has 3 nitrogen and oxygen atoms in total. The first-order valence-corrected chi connectivity index (χ1v) is 10.0. The second-order valence-electron chi connectivity index (χ2n) is 7.10.